The lowest BCUT2D eigenvalue weighted by atomic mass is 9.94. The summed E-state index contributed by atoms with van der Waals surface area (Å²) in [5.41, 5.74) is 7.22. The molecular formula is C37H38FN3O5S. The van der Waals surface area contributed by atoms with Gasteiger partial charge in [-0.3, -0.25) is 4.79 Å². The smallest absolute Gasteiger partial charge is 0.337 e. The third kappa shape index (κ3) is 7.68. The van der Waals surface area contributed by atoms with Crippen molar-refractivity contribution < 1.29 is 27.1 Å². The second-order valence-corrected chi connectivity index (χ2v) is 13.4. The molecule has 0 radical (unpaired) electrons. The van der Waals surface area contributed by atoms with E-state index in [2.05, 4.69) is 5.43 Å². The fraction of sp³-hybridized carbons (Fsp3) is 0.243. The minimum Gasteiger partial charge on any atom is -0.457 e. The lowest BCUT2D eigenvalue weighted by molar-refractivity contribution is -0.140. The number of allylic oxidation sites excluding steroid dienone is 1. The Balaban J connectivity index is 1.43. The van der Waals surface area contributed by atoms with E-state index in [1.165, 1.54) is 30.3 Å². The molecule has 244 valence electrons. The van der Waals surface area contributed by atoms with E-state index in [1.54, 1.807) is 48.5 Å². The number of carbonyl (C=O) groups is 2. The van der Waals surface area contributed by atoms with Gasteiger partial charge in [-0.25, -0.2) is 28.2 Å². The van der Waals surface area contributed by atoms with Crippen molar-refractivity contribution in [3.63, 3.8) is 0 Å². The zero-order valence-electron chi connectivity index (χ0n) is 26.6. The summed E-state index contributed by atoms with van der Waals surface area (Å²) in [7, 11) is -4.07. The molecule has 1 heterocycles. The topological polar surface area (TPSA) is 119 Å². The van der Waals surface area contributed by atoms with Gasteiger partial charge < -0.3 is 9.75 Å². The number of ether oxygens (including phenoxy) is 1. The summed E-state index contributed by atoms with van der Waals surface area (Å²) < 4.78 is 45.7. The molecule has 4 aromatic rings. The van der Waals surface area contributed by atoms with Crippen molar-refractivity contribution in [1.29, 1.82) is 0 Å². The first-order valence-electron chi connectivity index (χ1n) is 15.5. The van der Waals surface area contributed by atoms with Gasteiger partial charge in [0.15, 0.2) is 5.78 Å². The maximum Gasteiger partial charge on any atom is 0.337 e. The van der Waals surface area contributed by atoms with Crippen molar-refractivity contribution in [2.24, 2.45) is 11.1 Å². The lowest BCUT2D eigenvalue weighted by Crippen LogP contribution is -2.41. The Morgan fingerprint density at radius 3 is 2.28 bits per heavy atom. The van der Waals surface area contributed by atoms with Gasteiger partial charge in [0.05, 0.1) is 16.5 Å². The van der Waals surface area contributed by atoms with Crippen molar-refractivity contribution in [2.75, 3.05) is 6.54 Å². The Hall–Kier alpha value is -4.64. The van der Waals surface area contributed by atoms with Crippen LogP contribution in [0.3, 0.4) is 0 Å². The van der Waals surface area contributed by atoms with Gasteiger partial charge in [0.1, 0.15) is 12.4 Å². The van der Waals surface area contributed by atoms with Crippen LogP contribution >= 0.6 is 0 Å². The van der Waals surface area contributed by atoms with E-state index in [-0.39, 0.29) is 46.8 Å². The number of nitrogens with two attached hydrogens (primary N) is 1. The zero-order chi connectivity index (χ0) is 33.7. The third-order valence-corrected chi connectivity index (χ3v) is 9.03. The van der Waals surface area contributed by atoms with Crippen LogP contribution in [0.2, 0.25) is 0 Å². The molecule has 1 unspecified atom stereocenters. The number of rotatable bonds is 12. The normalized spacial score (nSPS) is 14.9. The average molecular weight is 656 g/mol. The van der Waals surface area contributed by atoms with E-state index < -0.39 is 21.8 Å². The molecule has 1 aliphatic rings. The first kappa shape index (κ1) is 33.7. The molecular weight excluding hydrogens is 617 g/mol. The van der Waals surface area contributed by atoms with E-state index >= 15 is 4.39 Å². The molecule has 4 aromatic carbocycles. The van der Waals surface area contributed by atoms with Crippen LogP contribution < -0.4 is 10.6 Å². The summed E-state index contributed by atoms with van der Waals surface area (Å²) in [6.07, 6.45) is 1.03. The highest BCUT2D eigenvalue weighted by Crippen LogP contribution is 2.33. The number of benzene rings is 4. The minimum absolute atomic E-state index is 0.0309. The second kappa shape index (κ2) is 14.4. The molecule has 8 nitrogen and oxygen atoms in total. The molecule has 0 saturated carbocycles. The Labute approximate surface area is 275 Å². The highest BCUT2D eigenvalue weighted by molar-refractivity contribution is 7.89. The maximum atomic E-state index is 15.6. The van der Waals surface area contributed by atoms with E-state index in [4.69, 9.17) is 9.88 Å². The van der Waals surface area contributed by atoms with Crippen LogP contribution in [0.1, 0.15) is 54.2 Å². The number of nitrogens with zero attached hydrogens (tertiary/aromatic N) is 1. The maximum absolute atomic E-state index is 15.6. The van der Waals surface area contributed by atoms with Gasteiger partial charge in [-0.15, -0.1) is 0 Å². The number of sulfonamides is 1. The Morgan fingerprint density at radius 2 is 1.60 bits per heavy atom. The number of carbonyl (C=O) groups excluding carboxylic acids is 2. The average Bonchev–Trinajstić information content (AvgIpc) is 3.41. The first-order chi connectivity index (χ1) is 22.5. The molecule has 0 amide bonds. The summed E-state index contributed by atoms with van der Waals surface area (Å²) in [6.45, 7) is 6.63. The summed E-state index contributed by atoms with van der Waals surface area (Å²) in [4.78, 5) is 26.6. The van der Waals surface area contributed by atoms with Crippen LogP contribution in [-0.4, -0.2) is 37.8 Å². The fourth-order valence-electron chi connectivity index (χ4n) is 5.78. The first-order valence-corrected chi connectivity index (χ1v) is 17.1. The van der Waals surface area contributed by atoms with Crippen molar-refractivity contribution in [3.8, 4) is 11.1 Å². The molecule has 5 rings (SSSR count). The largest absolute Gasteiger partial charge is 0.457 e. The molecule has 10 heteroatoms. The summed E-state index contributed by atoms with van der Waals surface area (Å²) >= 11 is 0. The summed E-state index contributed by atoms with van der Waals surface area (Å²) in [5, 5.41) is 7.32. The van der Waals surface area contributed by atoms with Crippen LogP contribution in [0.15, 0.2) is 113 Å². The molecule has 3 N–H and O–H groups in total. The zero-order valence-corrected chi connectivity index (χ0v) is 27.4. The van der Waals surface area contributed by atoms with Gasteiger partial charge in [-0.2, -0.15) is 0 Å². The molecule has 0 fully saturated rings. The standard InChI is InChI=1S/C37H38FN3O5S/c1-4-19-41-32(22-25-17-18-29(31(38)21-25)30-15-8-9-16-33(30)47(39,44)45)34(35(40-41)24(2)3)37(43)46-23-26-11-10-14-28(20-26)36(42)27-12-6-5-7-13-27/h5-18,20-21,24,35,40H,4,19,22-23H2,1-3H3,(H2,39,44,45). The Bertz CT molecular complexity index is 1930. The molecule has 1 aliphatic heterocycles. The Kier molecular flexibility index (Phi) is 10.3. The number of hydrogen-bond acceptors (Lipinski definition) is 7. The molecule has 47 heavy (non-hydrogen) atoms. The number of halogens is 1. The third-order valence-electron chi connectivity index (χ3n) is 8.06. The van der Waals surface area contributed by atoms with Crippen molar-refractivity contribution in [1.82, 2.24) is 10.4 Å². The summed E-state index contributed by atoms with van der Waals surface area (Å²) in [6, 6.07) is 26.3. The van der Waals surface area contributed by atoms with Crippen LogP contribution in [0.4, 0.5) is 4.39 Å². The lowest BCUT2D eigenvalue weighted by Gasteiger charge is -2.24. The van der Waals surface area contributed by atoms with Gasteiger partial charge in [0.2, 0.25) is 10.0 Å². The number of hydrogen-bond donors (Lipinski definition) is 2. The van der Waals surface area contributed by atoms with E-state index in [9.17, 15) is 18.0 Å². The van der Waals surface area contributed by atoms with Crippen LogP contribution in [-0.2, 0) is 32.6 Å². The Morgan fingerprint density at radius 1 is 0.894 bits per heavy atom. The van der Waals surface area contributed by atoms with Crippen molar-refractivity contribution >= 4 is 21.8 Å². The fourth-order valence-corrected chi connectivity index (χ4v) is 6.53. The predicted octanol–water partition coefficient (Wildman–Crippen LogP) is 6.17. The monoisotopic (exact) mass is 655 g/mol. The number of nitrogens with one attached hydrogen (secondary N) is 1. The predicted molar refractivity (Wildman–Crippen MR) is 179 cm³/mol. The van der Waals surface area contributed by atoms with E-state index in [0.717, 1.165) is 6.42 Å². The van der Waals surface area contributed by atoms with Gasteiger partial charge in [0.25, 0.3) is 0 Å². The molecule has 0 bridgehead atoms. The van der Waals surface area contributed by atoms with Gasteiger partial charge in [-0.1, -0.05) is 99.6 Å². The molecule has 0 aliphatic carbocycles. The molecule has 0 saturated heterocycles. The summed E-state index contributed by atoms with van der Waals surface area (Å²) in [5.74, 6) is -1.19. The molecule has 0 aromatic heterocycles. The van der Waals surface area contributed by atoms with Crippen molar-refractivity contribution in [2.45, 2.75) is 51.2 Å². The number of ketones is 1. The molecule has 1 atom stereocenters. The SMILES string of the molecule is CCCN1NC(C(C)C)C(C(=O)OCc2cccc(C(=O)c3ccccc3)c2)=C1Cc1ccc(-c2ccccc2S(N)(=O)=O)c(F)c1. The van der Waals surface area contributed by atoms with Crippen LogP contribution in [0.25, 0.3) is 11.1 Å². The molecule has 0 spiro atoms. The van der Waals surface area contributed by atoms with Gasteiger partial charge in [-0.05, 0) is 41.7 Å². The van der Waals surface area contributed by atoms with Crippen LogP contribution in [0.5, 0.6) is 0 Å². The second-order valence-electron chi connectivity index (χ2n) is 11.9. The number of hydrazine groups is 1. The minimum atomic E-state index is -4.07. The van der Waals surface area contributed by atoms with Gasteiger partial charge in [0, 0.05) is 40.9 Å². The van der Waals surface area contributed by atoms with Crippen molar-refractivity contribution in [3.05, 3.63) is 136 Å². The highest BCUT2D eigenvalue weighted by Gasteiger charge is 2.37. The highest BCUT2D eigenvalue weighted by atomic mass is 32.2. The number of primary sulfonamides is 1. The van der Waals surface area contributed by atoms with Crippen LogP contribution in [0, 0.1) is 11.7 Å². The quantitative estimate of drug-likeness (QED) is 0.139. The van der Waals surface area contributed by atoms with E-state index in [1.807, 2.05) is 44.0 Å². The van der Waals surface area contributed by atoms with Gasteiger partial charge >= 0.3 is 5.97 Å². The van der Waals surface area contributed by atoms with E-state index in [0.29, 0.717) is 40.1 Å². The number of esters is 1.